The fraction of sp³-hybridized carbons (Fsp3) is 0.263. The van der Waals surface area contributed by atoms with Gasteiger partial charge in [-0.2, -0.15) is 0 Å². The monoisotopic (exact) mass is 367 g/mol. The second kappa shape index (κ2) is 7.06. The maximum Gasteiger partial charge on any atom is 0.417 e. The van der Waals surface area contributed by atoms with Gasteiger partial charge in [0.15, 0.2) is 6.61 Å². The van der Waals surface area contributed by atoms with E-state index in [1.807, 2.05) is 6.07 Å². The molecule has 2 aliphatic heterocycles. The molecule has 4 rings (SSSR count). The van der Waals surface area contributed by atoms with Crippen LogP contribution in [0.15, 0.2) is 48.7 Å². The number of likely N-dealkylation sites (tertiary alicyclic amines) is 1. The molecule has 8 heteroatoms. The minimum Gasteiger partial charge on any atom is -0.439 e. The molecule has 3 heterocycles. The minimum atomic E-state index is -0.634. The fourth-order valence-corrected chi connectivity index (χ4v) is 3.26. The predicted octanol–water partition coefficient (Wildman–Crippen LogP) is 2.07. The number of pyridine rings is 1. The van der Waals surface area contributed by atoms with Crippen molar-refractivity contribution in [2.75, 3.05) is 19.7 Å². The number of cyclic esters (lactones) is 1. The van der Waals surface area contributed by atoms with Gasteiger partial charge in [0.05, 0.1) is 6.04 Å². The molecule has 1 aromatic carbocycles. The average molecular weight is 367 g/mol. The molecule has 0 radical (unpaired) electrons. The van der Waals surface area contributed by atoms with Crippen LogP contribution in [0.4, 0.5) is 4.79 Å². The molecule has 1 atom stereocenters. The number of imide groups is 1. The third kappa shape index (κ3) is 3.46. The van der Waals surface area contributed by atoms with Gasteiger partial charge in [0.2, 0.25) is 5.88 Å². The van der Waals surface area contributed by atoms with Gasteiger partial charge < -0.3 is 14.4 Å². The highest BCUT2D eigenvalue weighted by molar-refractivity contribution is 5.99. The van der Waals surface area contributed by atoms with E-state index in [9.17, 15) is 14.4 Å². The summed E-state index contributed by atoms with van der Waals surface area (Å²) in [6.45, 7) is 0.535. The number of carbonyl (C=O) groups excluding carboxylic acids is 3. The molecular weight excluding hydrogens is 350 g/mol. The molecule has 2 aliphatic rings. The van der Waals surface area contributed by atoms with Crippen LogP contribution in [0.1, 0.15) is 16.8 Å². The summed E-state index contributed by atoms with van der Waals surface area (Å²) in [6, 6.07) is 11.8. The van der Waals surface area contributed by atoms with Crippen molar-refractivity contribution < 1.29 is 23.9 Å². The zero-order valence-electron chi connectivity index (χ0n) is 14.4. The summed E-state index contributed by atoms with van der Waals surface area (Å²) >= 11 is 0. The number of carbonyl (C=O) groups is 3. The van der Waals surface area contributed by atoms with Crippen molar-refractivity contribution in [1.82, 2.24) is 14.8 Å². The lowest BCUT2D eigenvalue weighted by atomic mass is 10.2. The zero-order valence-corrected chi connectivity index (χ0v) is 14.4. The Hall–Kier alpha value is -3.42. The van der Waals surface area contributed by atoms with E-state index in [0.29, 0.717) is 36.7 Å². The molecule has 2 saturated heterocycles. The van der Waals surface area contributed by atoms with E-state index in [1.54, 1.807) is 47.5 Å². The van der Waals surface area contributed by atoms with Crippen molar-refractivity contribution >= 4 is 17.9 Å². The van der Waals surface area contributed by atoms with Crippen molar-refractivity contribution in [3.8, 4) is 11.6 Å². The maximum atomic E-state index is 12.8. The van der Waals surface area contributed by atoms with E-state index in [-0.39, 0.29) is 24.5 Å². The number of ether oxygens (including phenoxy) is 2. The van der Waals surface area contributed by atoms with Crippen LogP contribution in [0.3, 0.4) is 0 Å². The SMILES string of the molecule is O=C(c1cccc(Oc2ccccn2)c1)N1CC[C@H](N2C(=O)COC2=O)C1. The van der Waals surface area contributed by atoms with Crippen molar-refractivity contribution in [1.29, 1.82) is 0 Å². The fourth-order valence-electron chi connectivity index (χ4n) is 3.26. The quantitative estimate of drug-likeness (QED) is 0.822. The van der Waals surface area contributed by atoms with Crippen LogP contribution in [-0.4, -0.2) is 58.4 Å². The van der Waals surface area contributed by atoms with Gasteiger partial charge >= 0.3 is 6.09 Å². The Balaban J connectivity index is 1.45. The summed E-state index contributed by atoms with van der Waals surface area (Å²) in [5, 5.41) is 0. The smallest absolute Gasteiger partial charge is 0.417 e. The topological polar surface area (TPSA) is 89.0 Å². The Bertz CT molecular complexity index is 870. The Morgan fingerprint density at radius 3 is 2.81 bits per heavy atom. The first-order valence-corrected chi connectivity index (χ1v) is 8.59. The molecule has 138 valence electrons. The summed E-state index contributed by atoms with van der Waals surface area (Å²) < 4.78 is 10.4. The lowest BCUT2D eigenvalue weighted by Gasteiger charge is -2.20. The summed E-state index contributed by atoms with van der Waals surface area (Å²) in [5.41, 5.74) is 0.472. The van der Waals surface area contributed by atoms with Gasteiger partial charge in [0.25, 0.3) is 11.8 Å². The third-order valence-corrected chi connectivity index (χ3v) is 4.54. The number of amides is 3. The van der Waals surface area contributed by atoms with Crippen LogP contribution in [0, 0.1) is 0 Å². The van der Waals surface area contributed by atoms with Crippen LogP contribution in [-0.2, 0) is 9.53 Å². The number of benzene rings is 1. The lowest BCUT2D eigenvalue weighted by molar-refractivity contribution is -0.127. The zero-order chi connectivity index (χ0) is 18.8. The second-order valence-electron chi connectivity index (χ2n) is 6.31. The average Bonchev–Trinajstić information content (AvgIpc) is 3.28. The minimum absolute atomic E-state index is 0.177. The third-order valence-electron chi connectivity index (χ3n) is 4.54. The molecule has 1 aromatic heterocycles. The molecule has 0 spiro atoms. The van der Waals surface area contributed by atoms with E-state index in [0.717, 1.165) is 4.90 Å². The highest BCUT2D eigenvalue weighted by atomic mass is 16.6. The van der Waals surface area contributed by atoms with Gasteiger partial charge in [-0.3, -0.25) is 9.59 Å². The van der Waals surface area contributed by atoms with Crippen molar-refractivity contribution in [3.05, 3.63) is 54.2 Å². The number of hydrogen-bond acceptors (Lipinski definition) is 6. The van der Waals surface area contributed by atoms with E-state index in [4.69, 9.17) is 9.47 Å². The van der Waals surface area contributed by atoms with Crippen molar-refractivity contribution in [2.45, 2.75) is 12.5 Å². The summed E-state index contributed by atoms with van der Waals surface area (Å²) in [6.07, 6.45) is 1.53. The van der Waals surface area contributed by atoms with Crippen LogP contribution in [0.2, 0.25) is 0 Å². The van der Waals surface area contributed by atoms with Gasteiger partial charge in [-0.15, -0.1) is 0 Å². The molecule has 0 N–H and O–H groups in total. The van der Waals surface area contributed by atoms with Crippen molar-refractivity contribution in [3.63, 3.8) is 0 Å². The Labute approximate surface area is 155 Å². The molecule has 27 heavy (non-hydrogen) atoms. The summed E-state index contributed by atoms with van der Waals surface area (Å²) in [5.74, 6) is 0.414. The molecule has 2 fully saturated rings. The molecule has 0 aliphatic carbocycles. The Morgan fingerprint density at radius 2 is 2.07 bits per heavy atom. The number of aromatic nitrogens is 1. The highest BCUT2D eigenvalue weighted by Crippen LogP contribution is 2.24. The van der Waals surface area contributed by atoms with Crippen LogP contribution >= 0.6 is 0 Å². The predicted molar refractivity (Wildman–Crippen MR) is 93.3 cm³/mol. The first-order chi connectivity index (χ1) is 13.1. The van der Waals surface area contributed by atoms with E-state index in [2.05, 4.69) is 4.98 Å². The lowest BCUT2D eigenvalue weighted by Crippen LogP contribution is -2.42. The van der Waals surface area contributed by atoms with Crippen LogP contribution in [0.5, 0.6) is 11.6 Å². The van der Waals surface area contributed by atoms with E-state index in [1.165, 1.54) is 0 Å². The van der Waals surface area contributed by atoms with Gasteiger partial charge in [0.1, 0.15) is 5.75 Å². The Morgan fingerprint density at radius 1 is 1.19 bits per heavy atom. The molecule has 3 amide bonds. The van der Waals surface area contributed by atoms with Gasteiger partial charge in [0, 0.05) is 30.9 Å². The van der Waals surface area contributed by atoms with Crippen LogP contribution < -0.4 is 4.74 Å². The second-order valence-corrected chi connectivity index (χ2v) is 6.31. The summed E-state index contributed by atoms with van der Waals surface area (Å²) in [4.78, 5) is 43.1. The maximum absolute atomic E-state index is 12.8. The molecule has 0 bridgehead atoms. The van der Waals surface area contributed by atoms with Gasteiger partial charge in [-0.25, -0.2) is 14.7 Å². The van der Waals surface area contributed by atoms with E-state index < -0.39 is 6.09 Å². The summed E-state index contributed by atoms with van der Waals surface area (Å²) in [7, 11) is 0. The number of nitrogens with zero attached hydrogens (tertiary/aromatic N) is 3. The molecular formula is C19H17N3O5. The first-order valence-electron chi connectivity index (χ1n) is 8.59. The standard InChI is InChI=1S/C19H17N3O5/c23-17-12-26-19(25)22(17)14-7-9-21(11-14)18(24)13-4-3-5-15(10-13)27-16-6-1-2-8-20-16/h1-6,8,10,14H,7,9,11-12H2/t14-/m0/s1. The van der Waals surface area contributed by atoms with Gasteiger partial charge in [-0.1, -0.05) is 12.1 Å². The molecule has 0 unspecified atom stereocenters. The normalized spacial score (nSPS) is 19.3. The highest BCUT2D eigenvalue weighted by Gasteiger charge is 2.41. The molecule has 0 saturated carbocycles. The largest absolute Gasteiger partial charge is 0.439 e. The first kappa shape index (κ1) is 17.0. The van der Waals surface area contributed by atoms with Gasteiger partial charge in [-0.05, 0) is 30.7 Å². The Kier molecular flexibility index (Phi) is 4.45. The number of rotatable bonds is 4. The molecule has 8 nitrogen and oxygen atoms in total. The number of hydrogen-bond donors (Lipinski definition) is 0. The molecule has 2 aromatic rings. The van der Waals surface area contributed by atoms with Crippen LogP contribution in [0.25, 0.3) is 0 Å². The van der Waals surface area contributed by atoms with E-state index >= 15 is 0 Å². The van der Waals surface area contributed by atoms with Crippen molar-refractivity contribution in [2.24, 2.45) is 0 Å².